The molecule has 2 aromatic carbocycles. The van der Waals surface area contributed by atoms with Gasteiger partial charge in [0, 0.05) is 23.7 Å². The molecular formula is C25H23N9. The second-order valence-corrected chi connectivity index (χ2v) is 8.38. The summed E-state index contributed by atoms with van der Waals surface area (Å²) in [6.45, 7) is 4.96. The average Bonchev–Trinajstić information content (AvgIpc) is 3.59. The highest BCUT2D eigenvalue weighted by atomic mass is 15.5. The molecule has 0 spiro atoms. The molecule has 0 aliphatic rings. The molecular weight excluding hydrogens is 426 g/mol. The molecule has 0 saturated carbocycles. The summed E-state index contributed by atoms with van der Waals surface area (Å²) in [5.41, 5.74) is 7.89. The topological polar surface area (TPSA) is 114 Å². The number of nitrogens with zero attached hydrogens (tertiary/aromatic N) is 7. The number of aromatic nitrogens is 9. The van der Waals surface area contributed by atoms with Crippen molar-refractivity contribution >= 4 is 22.2 Å². The molecule has 0 aliphatic carbocycles. The van der Waals surface area contributed by atoms with Crippen LogP contribution in [0.4, 0.5) is 0 Å². The molecule has 9 nitrogen and oxygen atoms in total. The number of aromatic amines is 2. The Morgan fingerprint density at radius 1 is 1.00 bits per heavy atom. The van der Waals surface area contributed by atoms with E-state index < -0.39 is 0 Å². The fraction of sp³-hybridized carbons (Fsp3) is 0.200. The van der Waals surface area contributed by atoms with Gasteiger partial charge in [-0.25, -0.2) is 15.0 Å². The number of pyridine rings is 1. The van der Waals surface area contributed by atoms with Gasteiger partial charge in [0.05, 0.1) is 17.6 Å². The molecule has 4 heterocycles. The van der Waals surface area contributed by atoms with Crippen molar-refractivity contribution < 1.29 is 0 Å². The molecule has 0 unspecified atom stereocenters. The fourth-order valence-corrected chi connectivity index (χ4v) is 4.39. The van der Waals surface area contributed by atoms with Gasteiger partial charge in [0.2, 0.25) is 5.82 Å². The van der Waals surface area contributed by atoms with Gasteiger partial charge in [-0.15, -0.1) is 10.2 Å². The van der Waals surface area contributed by atoms with Crippen LogP contribution >= 0.6 is 0 Å². The fourth-order valence-electron chi connectivity index (χ4n) is 4.39. The lowest BCUT2D eigenvalue weighted by atomic mass is 10.1. The van der Waals surface area contributed by atoms with Crippen LogP contribution in [-0.2, 0) is 13.0 Å². The first-order chi connectivity index (χ1) is 16.7. The van der Waals surface area contributed by atoms with Crippen LogP contribution in [0.3, 0.4) is 0 Å². The predicted molar refractivity (Wildman–Crippen MR) is 130 cm³/mol. The minimum atomic E-state index is 0.537. The van der Waals surface area contributed by atoms with E-state index in [2.05, 4.69) is 67.2 Å². The summed E-state index contributed by atoms with van der Waals surface area (Å²) >= 11 is 0. The molecule has 0 radical (unpaired) electrons. The second kappa shape index (κ2) is 8.18. The molecule has 0 aliphatic heterocycles. The first-order valence-corrected chi connectivity index (χ1v) is 11.3. The van der Waals surface area contributed by atoms with Crippen molar-refractivity contribution in [2.24, 2.45) is 0 Å². The van der Waals surface area contributed by atoms with Crippen molar-refractivity contribution in [3.63, 3.8) is 0 Å². The monoisotopic (exact) mass is 449 g/mol. The van der Waals surface area contributed by atoms with E-state index in [0.717, 1.165) is 68.9 Å². The summed E-state index contributed by atoms with van der Waals surface area (Å²) in [4.78, 5) is 17.9. The average molecular weight is 450 g/mol. The lowest BCUT2D eigenvalue weighted by Gasteiger charge is -2.08. The van der Waals surface area contributed by atoms with Crippen molar-refractivity contribution in [3.8, 4) is 22.8 Å². The SMILES string of the molecule is CCCc1nc2c(C)ccnc2n1Cc1ccc2nc(-c3ccccc3-c3nn[nH]n3)[nH]c2c1. The summed E-state index contributed by atoms with van der Waals surface area (Å²) in [5, 5.41) is 14.5. The van der Waals surface area contributed by atoms with Crippen LogP contribution < -0.4 is 0 Å². The van der Waals surface area contributed by atoms with E-state index in [1.54, 1.807) is 0 Å². The molecule has 0 fully saturated rings. The number of H-pyrrole nitrogens is 2. The molecule has 9 heteroatoms. The maximum absolute atomic E-state index is 4.90. The highest BCUT2D eigenvalue weighted by Gasteiger charge is 2.16. The highest BCUT2D eigenvalue weighted by molar-refractivity contribution is 5.84. The third-order valence-corrected chi connectivity index (χ3v) is 6.04. The van der Waals surface area contributed by atoms with Gasteiger partial charge in [0.1, 0.15) is 17.2 Å². The van der Waals surface area contributed by atoms with Crippen LogP contribution in [0.15, 0.2) is 54.7 Å². The van der Waals surface area contributed by atoms with Crippen molar-refractivity contribution in [1.82, 2.24) is 45.1 Å². The Balaban J connectivity index is 1.40. The zero-order chi connectivity index (χ0) is 23.1. The molecule has 34 heavy (non-hydrogen) atoms. The Morgan fingerprint density at radius 3 is 2.71 bits per heavy atom. The lowest BCUT2D eigenvalue weighted by Crippen LogP contribution is -2.06. The van der Waals surface area contributed by atoms with Gasteiger partial charge < -0.3 is 9.55 Å². The number of rotatable bonds is 6. The predicted octanol–water partition coefficient (Wildman–Crippen LogP) is 4.46. The Bertz CT molecular complexity index is 1610. The lowest BCUT2D eigenvalue weighted by molar-refractivity contribution is 0.717. The van der Waals surface area contributed by atoms with E-state index in [1.807, 2.05) is 36.5 Å². The van der Waals surface area contributed by atoms with Gasteiger partial charge in [-0.2, -0.15) is 5.21 Å². The normalized spacial score (nSPS) is 11.6. The van der Waals surface area contributed by atoms with Crippen molar-refractivity contribution in [3.05, 3.63) is 71.7 Å². The van der Waals surface area contributed by atoms with Crippen LogP contribution in [-0.4, -0.2) is 45.1 Å². The molecule has 0 amide bonds. The van der Waals surface area contributed by atoms with E-state index in [1.165, 1.54) is 0 Å². The van der Waals surface area contributed by atoms with Gasteiger partial charge in [0.15, 0.2) is 5.65 Å². The van der Waals surface area contributed by atoms with Gasteiger partial charge in [-0.3, -0.25) is 0 Å². The van der Waals surface area contributed by atoms with Crippen molar-refractivity contribution in [2.45, 2.75) is 33.2 Å². The summed E-state index contributed by atoms with van der Waals surface area (Å²) < 4.78 is 2.23. The summed E-state index contributed by atoms with van der Waals surface area (Å²) in [6, 6.07) is 16.2. The van der Waals surface area contributed by atoms with Crippen LogP contribution in [0.25, 0.3) is 45.0 Å². The van der Waals surface area contributed by atoms with Crippen LogP contribution in [0.2, 0.25) is 0 Å². The third kappa shape index (κ3) is 3.42. The Kier molecular flexibility index (Phi) is 4.87. The maximum Gasteiger partial charge on any atom is 0.205 e. The zero-order valence-electron chi connectivity index (χ0n) is 18.9. The summed E-state index contributed by atoms with van der Waals surface area (Å²) in [7, 11) is 0. The smallest absolute Gasteiger partial charge is 0.205 e. The third-order valence-electron chi connectivity index (χ3n) is 6.04. The van der Waals surface area contributed by atoms with Crippen molar-refractivity contribution in [1.29, 1.82) is 0 Å². The van der Waals surface area contributed by atoms with E-state index in [9.17, 15) is 0 Å². The molecule has 6 aromatic rings. The minimum Gasteiger partial charge on any atom is -0.338 e. The number of hydrogen-bond acceptors (Lipinski definition) is 6. The zero-order valence-corrected chi connectivity index (χ0v) is 18.9. The number of benzene rings is 2. The first kappa shape index (κ1) is 20.2. The van der Waals surface area contributed by atoms with Crippen LogP contribution in [0.1, 0.15) is 30.3 Å². The van der Waals surface area contributed by atoms with Crippen molar-refractivity contribution in [2.75, 3.05) is 0 Å². The maximum atomic E-state index is 4.90. The Morgan fingerprint density at radius 2 is 1.88 bits per heavy atom. The second-order valence-electron chi connectivity index (χ2n) is 8.38. The van der Waals surface area contributed by atoms with Crippen LogP contribution in [0.5, 0.6) is 0 Å². The van der Waals surface area contributed by atoms with Gasteiger partial charge in [-0.05, 0) is 47.9 Å². The van der Waals surface area contributed by atoms with Gasteiger partial charge >= 0.3 is 0 Å². The number of aryl methyl sites for hydroxylation is 2. The largest absolute Gasteiger partial charge is 0.338 e. The Labute approximate surface area is 195 Å². The number of tetrazole rings is 1. The summed E-state index contributed by atoms with van der Waals surface area (Å²) in [6.07, 6.45) is 3.81. The number of nitrogens with one attached hydrogen (secondary N) is 2. The quantitative estimate of drug-likeness (QED) is 0.388. The van der Waals surface area contributed by atoms with E-state index in [4.69, 9.17) is 9.97 Å². The molecule has 0 bridgehead atoms. The molecule has 2 N–H and O–H groups in total. The first-order valence-electron chi connectivity index (χ1n) is 11.3. The van der Waals surface area contributed by atoms with E-state index in [-0.39, 0.29) is 0 Å². The molecule has 0 saturated heterocycles. The van der Waals surface area contributed by atoms with E-state index in [0.29, 0.717) is 12.4 Å². The standard InChI is InChI=1S/C25H23N9/c1-3-6-21-29-22-15(2)11-12-26-25(22)34(21)14-16-9-10-19-20(13-16)28-23(27-19)17-7-4-5-8-18(17)24-30-32-33-31-24/h4-5,7-13H,3,6,14H2,1-2H3,(H,27,28)(H,30,31,32,33). The number of fused-ring (bicyclic) bond motifs is 2. The molecule has 168 valence electrons. The molecule has 4 aromatic heterocycles. The van der Waals surface area contributed by atoms with Gasteiger partial charge in [-0.1, -0.05) is 37.3 Å². The summed E-state index contributed by atoms with van der Waals surface area (Å²) in [5.74, 6) is 2.37. The number of hydrogen-bond donors (Lipinski definition) is 2. The molecule has 6 rings (SSSR count). The number of imidazole rings is 2. The highest BCUT2D eigenvalue weighted by Crippen LogP contribution is 2.30. The van der Waals surface area contributed by atoms with Crippen LogP contribution in [0, 0.1) is 6.92 Å². The minimum absolute atomic E-state index is 0.537. The van der Waals surface area contributed by atoms with Gasteiger partial charge in [0.25, 0.3) is 0 Å². The Hall–Kier alpha value is -4.40. The molecule has 0 atom stereocenters. The van der Waals surface area contributed by atoms with E-state index >= 15 is 0 Å².